The molecule has 6 nitrogen and oxygen atoms in total. The summed E-state index contributed by atoms with van der Waals surface area (Å²) in [4.78, 5) is 19.4. The van der Waals surface area contributed by atoms with Gasteiger partial charge in [-0.3, -0.25) is 9.69 Å². The smallest absolute Gasteiger partial charge is 0.231 e. The molecule has 1 amide bonds. The summed E-state index contributed by atoms with van der Waals surface area (Å²) in [6, 6.07) is 13.0. The number of carbonyl (C=O) groups excluding carboxylic acids is 1. The highest BCUT2D eigenvalue weighted by atomic mass is 19.1. The second kappa shape index (κ2) is 8.75. The van der Waals surface area contributed by atoms with E-state index in [4.69, 9.17) is 9.47 Å². The molecule has 3 aliphatic heterocycles. The van der Waals surface area contributed by atoms with Crippen molar-refractivity contribution in [3.8, 4) is 11.5 Å². The molecule has 0 spiro atoms. The van der Waals surface area contributed by atoms with Crippen molar-refractivity contribution in [3.63, 3.8) is 0 Å². The molecule has 0 radical (unpaired) electrons. The average Bonchev–Trinajstić information content (AvgIpc) is 3.28. The van der Waals surface area contributed by atoms with Crippen molar-refractivity contribution in [1.82, 2.24) is 9.80 Å². The number of piperazine rings is 1. The molecule has 0 N–H and O–H groups in total. The van der Waals surface area contributed by atoms with Gasteiger partial charge in [0.15, 0.2) is 11.5 Å². The molecular formula is C24H28FN3O3. The first-order chi connectivity index (χ1) is 15.2. The lowest BCUT2D eigenvalue weighted by molar-refractivity contribution is -0.137. The number of hydrogen-bond acceptors (Lipinski definition) is 5. The second-order valence-electron chi connectivity index (χ2n) is 8.50. The zero-order chi connectivity index (χ0) is 21.2. The third-order valence-corrected chi connectivity index (χ3v) is 6.56. The molecule has 0 aliphatic carbocycles. The highest BCUT2D eigenvalue weighted by molar-refractivity contribution is 5.79. The van der Waals surface area contributed by atoms with Gasteiger partial charge in [-0.1, -0.05) is 18.2 Å². The Morgan fingerprint density at radius 3 is 2.45 bits per heavy atom. The summed E-state index contributed by atoms with van der Waals surface area (Å²) in [5.41, 5.74) is 1.84. The van der Waals surface area contributed by atoms with Gasteiger partial charge in [-0.2, -0.15) is 0 Å². The summed E-state index contributed by atoms with van der Waals surface area (Å²) >= 11 is 0. The average molecular weight is 426 g/mol. The monoisotopic (exact) mass is 425 g/mol. The topological polar surface area (TPSA) is 45.3 Å². The van der Waals surface area contributed by atoms with Crippen LogP contribution in [0, 0.1) is 11.7 Å². The summed E-state index contributed by atoms with van der Waals surface area (Å²) in [6.45, 7) is 5.65. The predicted molar refractivity (Wildman–Crippen MR) is 116 cm³/mol. The number of likely N-dealkylation sites (tertiary alicyclic amines) is 1. The van der Waals surface area contributed by atoms with Crippen molar-refractivity contribution in [1.29, 1.82) is 0 Å². The molecule has 3 aliphatic rings. The first kappa shape index (κ1) is 20.1. The maximum Gasteiger partial charge on any atom is 0.231 e. The van der Waals surface area contributed by atoms with Crippen LogP contribution in [-0.4, -0.2) is 61.8 Å². The van der Waals surface area contributed by atoms with Crippen LogP contribution < -0.4 is 14.4 Å². The molecule has 2 aromatic rings. The molecule has 0 unspecified atom stereocenters. The third-order valence-electron chi connectivity index (χ3n) is 6.56. The molecular weight excluding hydrogens is 397 g/mol. The van der Waals surface area contributed by atoms with Crippen molar-refractivity contribution in [2.75, 3.05) is 51.0 Å². The molecule has 2 fully saturated rings. The van der Waals surface area contributed by atoms with Crippen LogP contribution in [0.5, 0.6) is 11.5 Å². The zero-order valence-corrected chi connectivity index (χ0v) is 17.6. The minimum Gasteiger partial charge on any atom is -0.454 e. The molecule has 7 heteroatoms. The van der Waals surface area contributed by atoms with Crippen LogP contribution >= 0.6 is 0 Å². The van der Waals surface area contributed by atoms with Gasteiger partial charge in [0, 0.05) is 38.6 Å². The Balaban J connectivity index is 1.10. The van der Waals surface area contributed by atoms with E-state index in [-0.39, 0.29) is 17.6 Å². The van der Waals surface area contributed by atoms with E-state index < -0.39 is 0 Å². The summed E-state index contributed by atoms with van der Waals surface area (Å²) in [5, 5.41) is 0. The van der Waals surface area contributed by atoms with E-state index in [1.54, 1.807) is 6.07 Å². The number of anilines is 1. The minimum atomic E-state index is -0.197. The van der Waals surface area contributed by atoms with Crippen LogP contribution in [0.1, 0.15) is 18.4 Å². The highest BCUT2D eigenvalue weighted by Crippen LogP contribution is 2.33. The minimum absolute atomic E-state index is 0.0908. The normalized spacial score (nSPS) is 19.6. The van der Waals surface area contributed by atoms with E-state index in [0.717, 1.165) is 44.0 Å². The lowest BCUT2D eigenvalue weighted by atomic mass is 9.94. The zero-order valence-electron chi connectivity index (χ0n) is 17.6. The van der Waals surface area contributed by atoms with Gasteiger partial charge >= 0.3 is 0 Å². The Morgan fingerprint density at radius 1 is 0.935 bits per heavy atom. The van der Waals surface area contributed by atoms with Crippen LogP contribution in [0.3, 0.4) is 0 Å². The van der Waals surface area contributed by atoms with Crippen LogP contribution in [0.15, 0.2) is 42.5 Å². The number of nitrogens with zero attached hydrogens (tertiary/aromatic N) is 3. The quantitative estimate of drug-likeness (QED) is 0.753. The van der Waals surface area contributed by atoms with E-state index in [1.165, 1.54) is 11.6 Å². The Morgan fingerprint density at radius 2 is 1.68 bits per heavy atom. The molecule has 2 aromatic carbocycles. The second-order valence-corrected chi connectivity index (χ2v) is 8.50. The summed E-state index contributed by atoms with van der Waals surface area (Å²) in [6.07, 6.45) is 1.77. The number of benzene rings is 2. The van der Waals surface area contributed by atoms with Gasteiger partial charge in [-0.25, -0.2) is 4.39 Å². The molecule has 0 aromatic heterocycles. The van der Waals surface area contributed by atoms with E-state index in [9.17, 15) is 9.18 Å². The maximum absolute atomic E-state index is 14.0. The van der Waals surface area contributed by atoms with Gasteiger partial charge in [0.25, 0.3) is 0 Å². The highest BCUT2D eigenvalue weighted by Gasteiger charge is 2.31. The Hall–Kier alpha value is -2.80. The third kappa shape index (κ3) is 4.32. The maximum atomic E-state index is 14.0. The van der Waals surface area contributed by atoms with Crippen molar-refractivity contribution in [3.05, 3.63) is 53.8 Å². The van der Waals surface area contributed by atoms with Crippen LogP contribution in [0.25, 0.3) is 0 Å². The van der Waals surface area contributed by atoms with Crippen LogP contribution in [0.2, 0.25) is 0 Å². The number of carbonyl (C=O) groups is 1. The molecule has 0 saturated carbocycles. The van der Waals surface area contributed by atoms with E-state index in [0.29, 0.717) is 38.7 Å². The van der Waals surface area contributed by atoms with Gasteiger partial charge in [-0.15, -0.1) is 0 Å². The fourth-order valence-electron chi connectivity index (χ4n) is 4.77. The molecule has 3 heterocycles. The first-order valence-electron chi connectivity index (χ1n) is 11.1. The predicted octanol–water partition coefficient (Wildman–Crippen LogP) is 3.12. The number of halogens is 1. The summed E-state index contributed by atoms with van der Waals surface area (Å²) < 4.78 is 24.9. The summed E-state index contributed by atoms with van der Waals surface area (Å²) in [5.74, 6) is 1.78. The molecule has 31 heavy (non-hydrogen) atoms. The SMILES string of the molecule is O=C(C1CCN(Cc2ccc3c(c2)OCO3)CC1)N1CCN(c2ccccc2F)CC1. The van der Waals surface area contributed by atoms with Gasteiger partial charge in [0.2, 0.25) is 12.7 Å². The fourth-order valence-corrected chi connectivity index (χ4v) is 4.77. The number of amides is 1. The van der Waals surface area contributed by atoms with Gasteiger partial charge in [0.1, 0.15) is 5.82 Å². The van der Waals surface area contributed by atoms with Crippen molar-refractivity contribution in [2.45, 2.75) is 19.4 Å². The Labute approximate surface area is 182 Å². The molecule has 164 valence electrons. The largest absolute Gasteiger partial charge is 0.454 e. The van der Waals surface area contributed by atoms with E-state index in [1.807, 2.05) is 28.0 Å². The lowest BCUT2D eigenvalue weighted by Gasteiger charge is -2.39. The molecule has 0 bridgehead atoms. The van der Waals surface area contributed by atoms with Crippen molar-refractivity contribution < 1.29 is 18.7 Å². The standard InChI is InChI=1S/C24H28FN3O3/c25-20-3-1-2-4-21(20)27-11-13-28(14-12-27)24(29)19-7-9-26(10-8-19)16-18-5-6-22-23(15-18)31-17-30-22/h1-6,15,19H,7-14,16-17H2. The van der Waals surface area contributed by atoms with Gasteiger partial charge in [-0.05, 0) is 55.8 Å². The number of piperidine rings is 1. The van der Waals surface area contributed by atoms with Crippen LogP contribution in [0.4, 0.5) is 10.1 Å². The molecule has 2 saturated heterocycles. The van der Waals surface area contributed by atoms with E-state index in [2.05, 4.69) is 17.0 Å². The van der Waals surface area contributed by atoms with E-state index >= 15 is 0 Å². The van der Waals surface area contributed by atoms with Gasteiger partial charge < -0.3 is 19.3 Å². The van der Waals surface area contributed by atoms with Crippen LogP contribution in [-0.2, 0) is 11.3 Å². The number of para-hydroxylation sites is 1. The Bertz CT molecular complexity index is 937. The lowest BCUT2D eigenvalue weighted by Crippen LogP contribution is -2.51. The number of hydrogen-bond donors (Lipinski definition) is 0. The first-order valence-corrected chi connectivity index (χ1v) is 11.1. The molecule has 0 atom stereocenters. The van der Waals surface area contributed by atoms with Crippen molar-refractivity contribution in [2.24, 2.45) is 5.92 Å². The van der Waals surface area contributed by atoms with Crippen molar-refractivity contribution >= 4 is 11.6 Å². The number of rotatable bonds is 4. The summed E-state index contributed by atoms with van der Waals surface area (Å²) in [7, 11) is 0. The number of ether oxygens (including phenoxy) is 2. The molecule has 5 rings (SSSR count). The fraction of sp³-hybridized carbons (Fsp3) is 0.458. The number of fused-ring (bicyclic) bond motifs is 1. The Kier molecular flexibility index (Phi) is 5.68. The van der Waals surface area contributed by atoms with Gasteiger partial charge in [0.05, 0.1) is 5.69 Å².